The largest absolute Gasteiger partial charge is 0.394 e. The Balaban J connectivity index is 2.07. The number of aromatic nitrogens is 2. The standard InChI is InChI=1S/C14H25N3O3S/c1-3-12-4-6-13(7-5-12)16(2)21(19,20)14-10-15-17(11-14)8-9-18/h10-13,18H,3-9H2,1-2H3. The van der Waals surface area contributed by atoms with Crippen molar-refractivity contribution in [3.63, 3.8) is 0 Å². The van der Waals surface area contributed by atoms with Gasteiger partial charge >= 0.3 is 0 Å². The van der Waals surface area contributed by atoms with Crippen molar-refractivity contribution in [2.24, 2.45) is 5.92 Å². The SMILES string of the molecule is CCC1CCC(N(C)S(=O)(=O)c2cnn(CCO)c2)CC1. The second-order valence-corrected chi connectivity index (χ2v) is 7.76. The van der Waals surface area contributed by atoms with E-state index in [1.807, 2.05) is 0 Å². The summed E-state index contributed by atoms with van der Waals surface area (Å²) in [4.78, 5) is 0.205. The minimum atomic E-state index is -3.49. The molecule has 1 aromatic rings. The number of aliphatic hydroxyl groups is 1. The molecule has 120 valence electrons. The van der Waals surface area contributed by atoms with Crippen LogP contribution in [0.3, 0.4) is 0 Å². The Morgan fingerprint density at radius 2 is 2.05 bits per heavy atom. The van der Waals surface area contributed by atoms with Crippen molar-refractivity contribution < 1.29 is 13.5 Å². The van der Waals surface area contributed by atoms with E-state index >= 15 is 0 Å². The third kappa shape index (κ3) is 3.64. The summed E-state index contributed by atoms with van der Waals surface area (Å²) < 4.78 is 28.2. The van der Waals surface area contributed by atoms with Crippen molar-refractivity contribution >= 4 is 10.0 Å². The Hall–Kier alpha value is -0.920. The molecule has 1 aromatic heterocycles. The molecule has 0 bridgehead atoms. The molecule has 1 fully saturated rings. The van der Waals surface area contributed by atoms with E-state index in [1.165, 1.54) is 27.8 Å². The highest BCUT2D eigenvalue weighted by molar-refractivity contribution is 7.89. The van der Waals surface area contributed by atoms with Crippen LogP contribution in [0.25, 0.3) is 0 Å². The molecule has 0 radical (unpaired) electrons. The molecule has 2 rings (SSSR count). The van der Waals surface area contributed by atoms with Gasteiger partial charge in [0.15, 0.2) is 0 Å². The first kappa shape index (κ1) is 16.5. The maximum atomic E-state index is 12.6. The molecule has 21 heavy (non-hydrogen) atoms. The number of hydrogen-bond acceptors (Lipinski definition) is 4. The number of rotatable bonds is 6. The van der Waals surface area contributed by atoms with Gasteiger partial charge in [-0.15, -0.1) is 0 Å². The monoisotopic (exact) mass is 315 g/mol. The first-order valence-electron chi connectivity index (χ1n) is 7.60. The minimum Gasteiger partial charge on any atom is -0.394 e. The lowest BCUT2D eigenvalue weighted by Gasteiger charge is -2.33. The molecule has 0 aromatic carbocycles. The van der Waals surface area contributed by atoms with E-state index in [4.69, 9.17) is 5.11 Å². The quantitative estimate of drug-likeness (QED) is 0.862. The molecular formula is C14H25N3O3S. The van der Waals surface area contributed by atoms with E-state index in [0.717, 1.165) is 31.6 Å². The van der Waals surface area contributed by atoms with Crippen LogP contribution in [0.4, 0.5) is 0 Å². The van der Waals surface area contributed by atoms with Crippen molar-refractivity contribution in [1.82, 2.24) is 14.1 Å². The Morgan fingerprint density at radius 3 is 2.62 bits per heavy atom. The molecule has 0 saturated heterocycles. The van der Waals surface area contributed by atoms with Crippen LogP contribution in [0.2, 0.25) is 0 Å². The Bertz CT molecular complexity index is 548. The average Bonchev–Trinajstić information content (AvgIpc) is 2.96. The van der Waals surface area contributed by atoms with Crippen molar-refractivity contribution in [3.8, 4) is 0 Å². The molecule has 1 aliphatic rings. The van der Waals surface area contributed by atoms with E-state index in [1.54, 1.807) is 7.05 Å². The van der Waals surface area contributed by atoms with Gasteiger partial charge in [-0.25, -0.2) is 8.42 Å². The van der Waals surface area contributed by atoms with Gasteiger partial charge in [0.25, 0.3) is 0 Å². The van der Waals surface area contributed by atoms with Crippen LogP contribution in [-0.2, 0) is 16.6 Å². The highest BCUT2D eigenvalue weighted by atomic mass is 32.2. The minimum absolute atomic E-state index is 0.0575. The second kappa shape index (κ2) is 6.89. The zero-order valence-corrected chi connectivity index (χ0v) is 13.6. The summed E-state index contributed by atoms with van der Waals surface area (Å²) in [5.41, 5.74) is 0. The number of sulfonamides is 1. The summed E-state index contributed by atoms with van der Waals surface area (Å²) in [5, 5.41) is 12.8. The summed E-state index contributed by atoms with van der Waals surface area (Å²) in [6.45, 7) is 2.44. The predicted octanol–water partition coefficient (Wildman–Crippen LogP) is 1.46. The van der Waals surface area contributed by atoms with Gasteiger partial charge < -0.3 is 5.11 Å². The Morgan fingerprint density at radius 1 is 1.38 bits per heavy atom. The van der Waals surface area contributed by atoms with Crippen LogP contribution in [0.5, 0.6) is 0 Å². The van der Waals surface area contributed by atoms with Gasteiger partial charge in [0.05, 0.1) is 19.3 Å². The fourth-order valence-corrected chi connectivity index (χ4v) is 4.35. The fourth-order valence-electron chi connectivity index (χ4n) is 2.98. The fraction of sp³-hybridized carbons (Fsp3) is 0.786. The van der Waals surface area contributed by atoms with Gasteiger partial charge in [0.1, 0.15) is 4.90 Å². The first-order chi connectivity index (χ1) is 9.98. The van der Waals surface area contributed by atoms with Gasteiger partial charge in [-0.05, 0) is 31.6 Å². The second-order valence-electron chi connectivity index (χ2n) is 5.77. The lowest BCUT2D eigenvalue weighted by molar-refractivity contribution is 0.233. The van der Waals surface area contributed by atoms with E-state index in [2.05, 4.69) is 12.0 Å². The van der Waals surface area contributed by atoms with Gasteiger partial charge in [-0.2, -0.15) is 9.40 Å². The molecule has 0 spiro atoms. The first-order valence-corrected chi connectivity index (χ1v) is 9.04. The highest BCUT2D eigenvalue weighted by Gasteiger charge is 2.31. The average molecular weight is 315 g/mol. The molecule has 1 aliphatic carbocycles. The molecule has 6 nitrogen and oxygen atoms in total. The molecule has 0 atom stereocenters. The van der Waals surface area contributed by atoms with Crippen LogP contribution < -0.4 is 0 Å². The zero-order valence-electron chi connectivity index (χ0n) is 12.8. The third-order valence-electron chi connectivity index (χ3n) is 4.52. The molecular weight excluding hydrogens is 290 g/mol. The van der Waals surface area contributed by atoms with Crippen LogP contribution in [0.15, 0.2) is 17.3 Å². The molecule has 0 aliphatic heterocycles. The smallest absolute Gasteiger partial charge is 0.246 e. The molecule has 1 heterocycles. The Kier molecular flexibility index (Phi) is 5.40. The lowest BCUT2D eigenvalue weighted by Crippen LogP contribution is -2.39. The van der Waals surface area contributed by atoms with Gasteiger partial charge in [0, 0.05) is 19.3 Å². The molecule has 7 heteroatoms. The van der Waals surface area contributed by atoms with Crippen LogP contribution in [0.1, 0.15) is 39.0 Å². The number of hydrogen-bond donors (Lipinski definition) is 1. The summed E-state index contributed by atoms with van der Waals surface area (Å²) in [7, 11) is -1.83. The maximum Gasteiger partial charge on any atom is 0.246 e. The summed E-state index contributed by atoms with van der Waals surface area (Å²) in [6.07, 6.45) is 8.09. The predicted molar refractivity (Wildman–Crippen MR) is 80.3 cm³/mol. The molecule has 0 amide bonds. The number of aliphatic hydroxyl groups excluding tert-OH is 1. The van der Waals surface area contributed by atoms with Gasteiger partial charge in [0.2, 0.25) is 10.0 Å². The normalized spacial score (nSPS) is 23.6. The van der Waals surface area contributed by atoms with E-state index in [9.17, 15) is 8.42 Å². The summed E-state index contributed by atoms with van der Waals surface area (Å²) in [6, 6.07) is 0.0824. The molecule has 1 N–H and O–H groups in total. The topological polar surface area (TPSA) is 75.4 Å². The van der Waals surface area contributed by atoms with E-state index in [0.29, 0.717) is 6.54 Å². The summed E-state index contributed by atoms with van der Waals surface area (Å²) >= 11 is 0. The van der Waals surface area contributed by atoms with Gasteiger partial charge in [-0.3, -0.25) is 4.68 Å². The van der Waals surface area contributed by atoms with Crippen LogP contribution in [-0.4, -0.2) is 47.3 Å². The zero-order chi connectivity index (χ0) is 15.5. The van der Waals surface area contributed by atoms with Crippen LogP contribution >= 0.6 is 0 Å². The molecule has 0 unspecified atom stereocenters. The third-order valence-corrected chi connectivity index (χ3v) is 6.39. The van der Waals surface area contributed by atoms with Crippen LogP contribution in [0, 0.1) is 5.92 Å². The maximum absolute atomic E-state index is 12.6. The van der Waals surface area contributed by atoms with E-state index < -0.39 is 10.0 Å². The number of nitrogens with zero attached hydrogens (tertiary/aromatic N) is 3. The van der Waals surface area contributed by atoms with Gasteiger partial charge in [-0.1, -0.05) is 13.3 Å². The lowest BCUT2D eigenvalue weighted by atomic mass is 9.85. The molecule has 1 saturated carbocycles. The van der Waals surface area contributed by atoms with Crippen molar-refractivity contribution in [2.45, 2.75) is 56.5 Å². The van der Waals surface area contributed by atoms with Crippen molar-refractivity contribution in [2.75, 3.05) is 13.7 Å². The highest BCUT2D eigenvalue weighted by Crippen LogP contribution is 2.31. The van der Waals surface area contributed by atoms with Crippen molar-refractivity contribution in [3.05, 3.63) is 12.4 Å². The Labute approximate surface area is 126 Å². The van der Waals surface area contributed by atoms with Crippen molar-refractivity contribution in [1.29, 1.82) is 0 Å². The summed E-state index contributed by atoms with van der Waals surface area (Å²) in [5.74, 6) is 0.740. The van der Waals surface area contributed by atoms with E-state index in [-0.39, 0.29) is 17.5 Å².